The second-order valence-corrected chi connectivity index (χ2v) is 7.45. The number of nitrogens with zero attached hydrogens (tertiary/aromatic N) is 5. The monoisotopic (exact) mass is 433 g/mol. The number of hydrogen-bond acceptors (Lipinski definition) is 6. The predicted molar refractivity (Wildman–Crippen MR) is 111 cm³/mol. The summed E-state index contributed by atoms with van der Waals surface area (Å²) < 4.78 is 28.7. The van der Waals surface area contributed by atoms with Gasteiger partial charge in [-0.2, -0.15) is 9.78 Å². The topological polar surface area (TPSA) is 112 Å². The Morgan fingerprint density at radius 3 is 2.69 bits per heavy atom. The zero-order valence-corrected chi connectivity index (χ0v) is 16.7. The summed E-state index contributed by atoms with van der Waals surface area (Å²) in [5, 5.41) is 6.83. The Balaban J connectivity index is 1.59. The molecular formula is C22H17F2N7O. The van der Waals surface area contributed by atoms with Crippen molar-refractivity contribution in [1.29, 1.82) is 0 Å². The zero-order valence-electron chi connectivity index (χ0n) is 16.7. The van der Waals surface area contributed by atoms with Gasteiger partial charge in [-0.25, -0.2) is 23.7 Å². The Bertz CT molecular complexity index is 1300. The van der Waals surface area contributed by atoms with Gasteiger partial charge in [0.05, 0.1) is 11.7 Å². The van der Waals surface area contributed by atoms with E-state index in [2.05, 4.69) is 25.4 Å². The maximum Gasteiger partial charge on any atom is 0.252 e. The van der Waals surface area contributed by atoms with Crippen LogP contribution >= 0.6 is 0 Å². The first-order valence-corrected chi connectivity index (χ1v) is 9.82. The zero-order chi connectivity index (χ0) is 22.2. The molecule has 1 atom stereocenters. The summed E-state index contributed by atoms with van der Waals surface area (Å²) >= 11 is 0. The molecule has 32 heavy (non-hydrogen) atoms. The summed E-state index contributed by atoms with van der Waals surface area (Å²) in [5.41, 5.74) is 10.1. The van der Waals surface area contributed by atoms with E-state index in [-0.39, 0.29) is 18.3 Å². The third-order valence-corrected chi connectivity index (χ3v) is 5.26. The molecule has 4 aromatic rings. The molecule has 0 aliphatic carbocycles. The van der Waals surface area contributed by atoms with E-state index in [1.807, 2.05) is 12.1 Å². The summed E-state index contributed by atoms with van der Waals surface area (Å²) in [6.07, 6.45) is 4.54. The number of nitrogens with two attached hydrogens (primary N) is 1. The number of amides is 1. The van der Waals surface area contributed by atoms with E-state index in [1.165, 1.54) is 29.5 Å². The van der Waals surface area contributed by atoms with Crippen molar-refractivity contribution in [2.75, 3.05) is 0 Å². The number of hydrogen-bond donors (Lipinski definition) is 2. The molecule has 0 saturated heterocycles. The van der Waals surface area contributed by atoms with Crippen molar-refractivity contribution in [1.82, 2.24) is 30.0 Å². The average Bonchev–Trinajstić information content (AvgIpc) is 3.43. The van der Waals surface area contributed by atoms with Gasteiger partial charge < -0.3 is 11.1 Å². The number of carbonyl (C=O) groups is 1. The van der Waals surface area contributed by atoms with Crippen LogP contribution in [-0.4, -0.2) is 30.6 Å². The molecule has 10 heteroatoms. The molecule has 5 rings (SSSR count). The Morgan fingerprint density at radius 2 is 1.94 bits per heavy atom. The van der Waals surface area contributed by atoms with E-state index in [0.717, 1.165) is 11.6 Å². The molecule has 8 nitrogen and oxygen atoms in total. The predicted octanol–water partition coefficient (Wildman–Crippen LogP) is 2.49. The van der Waals surface area contributed by atoms with E-state index < -0.39 is 17.7 Å². The minimum atomic E-state index is -0.710. The van der Waals surface area contributed by atoms with Gasteiger partial charge in [-0.05, 0) is 41.3 Å². The van der Waals surface area contributed by atoms with Crippen LogP contribution in [-0.2, 0) is 13.0 Å². The first-order valence-electron chi connectivity index (χ1n) is 9.82. The van der Waals surface area contributed by atoms with E-state index in [9.17, 15) is 13.6 Å². The minimum absolute atomic E-state index is 0.140. The fraction of sp³-hybridized carbons (Fsp3) is 0.136. The van der Waals surface area contributed by atoms with Gasteiger partial charge in [-0.3, -0.25) is 4.79 Å². The van der Waals surface area contributed by atoms with Gasteiger partial charge in [0.1, 0.15) is 24.3 Å². The molecule has 1 aliphatic rings. The largest absolute Gasteiger partial charge is 0.348 e. The van der Waals surface area contributed by atoms with Crippen LogP contribution in [0.4, 0.5) is 8.78 Å². The van der Waals surface area contributed by atoms with Gasteiger partial charge in [0.2, 0.25) is 0 Å². The third kappa shape index (κ3) is 3.71. The minimum Gasteiger partial charge on any atom is -0.348 e. The van der Waals surface area contributed by atoms with Crippen LogP contribution in [0.2, 0.25) is 0 Å². The Morgan fingerprint density at radius 1 is 1.12 bits per heavy atom. The summed E-state index contributed by atoms with van der Waals surface area (Å²) in [7, 11) is 0. The molecule has 1 aliphatic heterocycles. The Hall–Kier alpha value is -4.05. The van der Waals surface area contributed by atoms with Crippen molar-refractivity contribution in [3.05, 3.63) is 89.3 Å². The number of rotatable bonds is 5. The van der Waals surface area contributed by atoms with Crippen LogP contribution in [0.1, 0.15) is 33.2 Å². The normalized spacial score (nSPS) is 13.7. The first-order chi connectivity index (χ1) is 15.5. The molecule has 1 amide bonds. The first kappa shape index (κ1) is 19.9. The number of carbonyl (C=O) groups excluding carboxylic acids is 1. The van der Waals surface area contributed by atoms with Crippen LogP contribution in [0.5, 0.6) is 0 Å². The average molecular weight is 433 g/mol. The summed E-state index contributed by atoms with van der Waals surface area (Å²) in [6.45, 7) is 0.480. The van der Waals surface area contributed by atoms with E-state index in [1.54, 1.807) is 12.3 Å². The van der Waals surface area contributed by atoms with E-state index >= 15 is 0 Å². The number of fused-ring (bicyclic) bond motifs is 1. The summed E-state index contributed by atoms with van der Waals surface area (Å²) in [4.78, 5) is 25.0. The lowest BCUT2D eigenvalue weighted by Gasteiger charge is -2.17. The highest BCUT2D eigenvalue weighted by Gasteiger charge is 2.22. The highest BCUT2D eigenvalue weighted by Crippen LogP contribution is 2.30. The smallest absolute Gasteiger partial charge is 0.252 e. The lowest BCUT2D eigenvalue weighted by molar-refractivity contribution is 0.0966. The molecule has 0 saturated carbocycles. The van der Waals surface area contributed by atoms with Gasteiger partial charge in [0.25, 0.3) is 11.9 Å². The maximum atomic E-state index is 13.7. The summed E-state index contributed by atoms with van der Waals surface area (Å²) in [6, 6.07) is 8.08. The standard InChI is InChI=1S/C22H17F2N7O/c23-15-3-12(4-16(24)7-15)5-19(25)20-18(9-28-22(30-20)31-11-26-10-29-31)13-1-2-14-8-27-21(32)17(14)6-13/h1-4,6-7,9-11,19H,5,8,25H2,(H,27,32). The van der Waals surface area contributed by atoms with Gasteiger partial charge >= 0.3 is 0 Å². The summed E-state index contributed by atoms with van der Waals surface area (Å²) in [5.74, 6) is -1.25. The van der Waals surface area contributed by atoms with Crippen molar-refractivity contribution in [3.63, 3.8) is 0 Å². The quantitative estimate of drug-likeness (QED) is 0.500. The lowest BCUT2D eigenvalue weighted by atomic mass is 9.95. The fourth-order valence-corrected chi connectivity index (χ4v) is 3.77. The van der Waals surface area contributed by atoms with E-state index in [4.69, 9.17) is 5.73 Å². The highest BCUT2D eigenvalue weighted by atomic mass is 19.1. The van der Waals surface area contributed by atoms with Crippen molar-refractivity contribution in [2.45, 2.75) is 19.0 Å². The molecule has 0 radical (unpaired) electrons. The second kappa shape index (κ2) is 7.89. The Labute approximate surface area is 181 Å². The maximum absolute atomic E-state index is 13.7. The van der Waals surface area contributed by atoms with Crippen molar-refractivity contribution in [3.8, 4) is 17.1 Å². The van der Waals surface area contributed by atoms with Crippen LogP contribution < -0.4 is 11.1 Å². The SMILES string of the molecule is NC(Cc1cc(F)cc(F)c1)c1nc(-n2cncn2)ncc1-c1ccc2c(c1)C(=O)NC2. The lowest BCUT2D eigenvalue weighted by Crippen LogP contribution is -2.18. The van der Waals surface area contributed by atoms with Gasteiger partial charge in [-0.15, -0.1) is 0 Å². The second-order valence-electron chi connectivity index (χ2n) is 7.45. The molecule has 0 bridgehead atoms. The molecule has 3 N–H and O–H groups in total. The molecule has 0 spiro atoms. The number of nitrogens with one attached hydrogen (secondary N) is 1. The van der Waals surface area contributed by atoms with Crippen LogP contribution in [0, 0.1) is 11.6 Å². The van der Waals surface area contributed by atoms with Crippen molar-refractivity contribution in [2.24, 2.45) is 5.73 Å². The molecule has 160 valence electrons. The van der Waals surface area contributed by atoms with Gasteiger partial charge in [-0.1, -0.05) is 12.1 Å². The molecule has 1 unspecified atom stereocenters. The number of benzene rings is 2. The highest BCUT2D eigenvalue weighted by molar-refractivity contribution is 5.99. The molecule has 2 aromatic carbocycles. The van der Waals surface area contributed by atoms with Crippen LogP contribution in [0.25, 0.3) is 17.1 Å². The molecular weight excluding hydrogens is 416 g/mol. The molecule has 2 aromatic heterocycles. The van der Waals surface area contributed by atoms with E-state index in [0.29, 0.717) is 34.5 Å². The van der Waals surface area contributed by atoms with Crippen LogP contribution in [0.15, 0.2) is 55.2 Å². The van der Waals surface area contributed by atoms with Crippen molar-refractivity contribution < 1.29 is 13.6 Å². The van der Waals surface area contributed by atoms with Gasteiger partial charge in [0.15, 0.2) is 0 Å². The van der Waals surface area contributed by atoms with Crippen molar-refractivity contribution >= 4 is 5.91 Å². The Kier molecular flexibility index (Phi) is 4.91. The van der Waals surface area contributed by atoms with Crippen LogP contribution in [0.3, 0.4) is 0 Å². The third-order valence-electron chi connectivity index (χ3n) is 5.26. The molecule has 0 fully saturated rings. The van der Waals surface area contributed by atoms with Gasteiger partial charge in [0, 0.05) is 29.9 Å². The number of aromatic nitrogens is 5. The molecule has 3 heterocycles. The fourth-order valence-electron chi connectivity index (χ4n) is 3.77. The number of halogens is 2.